The molecule has 0 radical (unpaired) electrons. The van der Waals surface area contributed by atoms with Gasteiger partial charge in [-0.1, -0.05) is 52.3 Å². The molecule has 5 atom stereocenters. The largest absolute Gasteiger partial charge is 0.480 e. The van der Waals surface area contributed by atoms with Crippen LogP contribution in [0.2, 0.25) is 0 Å². The van der Waals surface area contributed by atoms with Crippen molar-refractivity contribution in [2.75, 3.05) is 0 Å². The number of hydrogen-bond donors (Lipinski definition) is 7. The van der Waals surface area contributed by atoms with E-state index in [1.807, 2.05) is 45.0 Å². The van der Waals surface area contributed by atoms with E-state index in [2.05, 4.69) is 30.9 Å². The molecule has 41 heavy (non-hydrogen) atoms. The molecule has 5 unspecified atom stereocenters. The third-order valence-electron chi connectivity index (χ3n) is 7.18. The third-order valence-corrected chi connectivity index (χ3v) is 7.18. The molecular formula is C29H41N7O5. The second-order valence-corrected chi connectivity index (χ2v) is 10.9. The monoisotopic (exact) mass is 567 g/mol. The molecule has 2 heterocycles. The molecule has 222 valence electrons. The van der Waals surface area contributed by atoms with Gasteiger partial charge >= 0.3 is 5.97 Å². The van der Waals surface area contributed by atoms with E-state index in [4.69, 9.17) is 5.73 Å². The van der Waals surface area contributed by atoms with Gasteiger partial charge in [0.2, 0.25) is 17.7 Å². The topological polar surface area (TPSA) is 195 Å². The molecule has 2 aromatic heterocycles. The SMILES string of the molecule is CCC(C)C(NC(=O)C(Cc1c[nH]c2ccccc12)NC(=O)C(N)CC(C)C)C(=O)NC(Cc1cnc[nH]1)C(=O)O. The van der Waals surface area contributed by atoms with E-state index < -0.39 is 47.9 Å². The smallest absolute Gasteiger partial charge is 0.326 e. The molecule has 0 aliphatic carbocycles. The number of carbonyl (C=O) groups excluding carboxylic acids is 3. The van der Waals surface area contributed by atoms with Crippen LogP contribution in [0, 0.1) is 11.8 Å². The van der Waals surface area contributed by atoms with Crippen molar-refractivity contribution in [2.45, 2.75) is 77.5 Å². The van der Waals surface area contributed by atoms with Crippen molar-refractivity contribution in [2.24, 2.45) is 17.6 Å². The van der Waals surface area contributed by atoms with Crippen molar-refractivity contribution in [3.63, 3.8) is 0 Å². The van der Waals surface area contributed by atoms with Gasteiger partial charge in [-0.2, -0.15) is 0 Å². The van der Waals surface area contributed by atoms with E-state index in [0.29, 0.717) is 18.5 Å². The normalized spacial score (nSPS) is 15.1. The van der Waals surface area contributed by atoms with Crippen molar-refractivity contribution < 1.29 is 24.3 Å². The number of aromatic nitrogens is 3. The number of para-hydroxylation sites is 1. The highest BCUT2D eigenvalue weighted by Crippen LogP contribution is 2.20. The van der Waals surface area contributed by atoms with Gasteiger partial charge < -0.3 is 36.8 Å². The van der Waals surface area contributed by atoms with Crippen molar-refractivity contribution in [3.05, 3.63) is 54.2 Å². The number of benzene rings is 1. The van der Waals surface area contributed by atoms with Crippen LogP contribution in [0.1, 0.15) is 51.8 Å². The van der Waals surface area contributed by atoms with Crippen LogP contribution in [0.4, 0.5) is 0 Å². The van der Waals surface area contributed by atoms with Gasteiger partial charge in [0, 0.05) is 41.8 Å². The molecule has 0 fully saturated rings. The summed E-state index contributed by atoms with van der Waals surface area (Å²) in [5.74, 6) is -3.03. The second-order valence-electron chi connectivity index (χ2n) is 10.9. The van der Waals surface area contributed by atoms with Gasteiger partial charge in [-0.3, -0.25) is 14.4 Å². The fourth-order valence-corrected chi connectivity index (χ4v) is 4.66. The minimum atomic E-state index is -1.23. The predicted molar refractivity (Wildman–Crippen MR) is 155 cm³/mol. The van der Waals surface area contributed by atoms with E-state index in [0.717, 1.165) is 16.5 Å². The standard InChI is InChI=1S/C29H41N7O5/c1-5-17(4)25(28(39)35-24(29(40)41)12-19-14-31-15-33-19)36-27(38)23(34-26(37)21(30)10-16(2)3)11-18-13-32-22-9-7-6-8-20(18)22/h6-9,13-17,21,23-25,32H,5,10-12,30H2,1-4H3,(H,31,33)(H,34,37)(H,35,39)(H,36,38)(H,40,41). The van der Waals surface area contributed by atoms with Crippen molar-refractivity contribution in [1.29, 1.82) is 0 Å². The Hall–Kier alpha value is -4.19. The van der Waals surface area contributed by atoms with Crippen LogP contribution in [-0.2, 0) is 32.0 Å². The molecule has 3 rings (SSSR count). The van der Waals surface area contributed by atoms with Gasteiger partial charge in [0.25, 0.3) is 0 Å². The van der Waals surface area contributed by atoms with Gasteiger partial charge in [0.15, 0.2) is 0 Å². The van der Waals surface area contributed by atoms with Crippen LogP contribution in [0.3, 0.4) is 0 Å². The highest BCUT2D eigenvalue weighted by Gasteiger charge is 2.33. The fourth-order valence-electron chi connectivity index (χ4n) is 4.66. The summed E-state index contributed by atoms with van der Waals surface area (Å²) in [4.78, 5) is 61.9. The fraction of sp³-hybridized carbons (Fsp3) is 0.483. The Balaban J connectivity index is 1.83. The van der Waals surface area contributed by atoms with Crippen LogP contribution in [0.25, 0.3) is 10.9 Å². The summed E-state index contributed by atoms with van der Waals surface area (Å²) >= 11 is 0. The summed E-state index contributed by atoms with van der Waals surface area (Å²) in [6, 6.07) is 3.51. The maximum absolute atomic E-state index is 13.7. The molecule has 12 nitrogen and oxygen atoms in total. The Morgan fingerprint density at radius 1 is 0.951 bits per heavy atom. The number of carbonyl (C=O) groups is 4. The zero-order valence-corrected chi connectivity index (χ0v) is 23.9. The molecule has 0 aliphatic heterocycles. The average Bonchev–Trinajstić information content (AvgIpc) is 3.60. The number of amides is 3. The van der Waals surface area contributed by atoms with E-state index in [1.165, 1.54) is 12.5 Å². The summed E-state index contributed by atoms with van der Waals surface area (Å²) in [5, 5.41) is 18.7. The zero-order valence-electron chi connectivity index (χ0n) is 23.9. The van der Waals surface area contributed by atoms with E-state index in [9.17, 15) is 24.3 Å². The molecular weight excluding hydrogens is 526 g/mol. The molecule has 8 N–H and O–H groups in total. The minimum Gasteiger partial charge on any atom is -0.480 e. The quantitative estimate of drug-likeness (QED) is 0.145. The van der Waals surface area contributed by atoms with Crippen molar-refractivity contribution in [1.82, 2.24) is 30.9 Å². The first-order valence-corrected chi connectivity index (χ1v) is 13.9. The maximum atomic E-state index is 13.7. The number of carboxylic acids is 1. The van der Waals surface area contributed by atoms with Crippen molar-refractivity contribution in [3.8, 4) is 0 Å². The first-order chi connectivity index (χ1) is 19.5. The predicted octanol–water partition coefficient (Wildman–Crippen LogP) is 1.63. The lowest BCUT2D eigenvalue weighted by molar-refractivity contribution is -0.142. The number of hydrogen-bond acceptors (Lipinski definition) is 6. The van der Waals surface area contributed by atoms with Gasteiger partial charge in [-0.05, 0) is 29.9 Å². The Labute approximate surface area is 239 Å². The molecule has 1 aromatic carbocycles. The number of fused-ring (bicyclic) bond motifs is 1. The van der Waals surface area contributed by atoms with Gasteiger partial charge in [0.05, 0.1) is 12.4 Å². The number of nitrogens with one attached hydrogen (secondary N) is 5. The number of aromatic amines is 2. The Kier molecular flexibility index (Phi) is 11.0. The minimum absolute atomic E-state index is 0.00473. The highest BCUT2D eigenvalue weighted by atomic mass is 16.4. The summed E-state index contributed by atoms with van der Waals surface area (Å²) in [6.45, 7) is 7.57. The zero-order chi connectivity index (χ0) is 30.1. The van der Waals surface area contributed by atoms with E-state index >= 15 is 0 Å². The molecule has 0 saturated heterocycles. The molecule has 12 heteroatoms. The molecule has 0 saturated carbocycles. The molecule has 3 amide bonds. The Morgan fingerprint density at radius 2 is 1.66 bits per heavy atom. The number of aliphatic carboxylic acids is 1. The number of carboxylic acid groups (broad SMARTS) is 1. The second kappa shape index (κ2) is 14.4. The van der Waals surface area contributed by atoms with Crippen LogP contribution < -0.4 is 21.7 Å². The lowest BCUT2D eigenvalue weighted by atomic mass is 9.96. The summed E-state index contributed by atoms with van der Waals surface area (Å²) in [6.07, 6.45) is 5.83. The number of rotatable bonds is 15. The van der Waals surface area contributed by atoms with Gasteiger partial charge in [-0.15, -0.1) is 0 Å². The molecule has 0 spiro atoms. The maximum Gasteiger partial charge on any atom is 0.326 e. The summed E-state index contributed by atoms with van der Waals surface area (Å²) in [7, 11) is 0. The number of nitrogens with zero attached hydrogens (tertiary/aromatic N) is 1. The van der Waals surface area contributed by atoms with Crippen molar-refractivity contribution >= 4 is 34.6 Å². The number of nitrogens with two attached hydrogens (primary N) is 1. The highest BCUT2D eigenvalue weighted by molar-refractivity contribution is 5.95. The Morgan fingerprint density at radius 3 is 2.29 bits per heavy atom. The third kappa shape index (κ3) is 8.65. The van der Waals surface area contributed by atoms with Crippen LogP contribution in [0.15, 0.2) is 43.0 Å². The van der Waals surface area contributed by atoms with E-state index in [1.54, 1.807) is 13.1 Å². The van der Waals surface area contributed by atoms with Crippen LogP contribution >= 0.6 is 0 Å². The molecule has 0 bridgehead atoms. The number of H-pyrrole nitrogens is 2. The van der Waals surface area contributed by atoms with Crippen LogP contribution in [-0.4, -0.2) is 67.9 Å². The molecule has 0 aliphatic rings. The molecule has 3 aromatic rings. The first-order valence-electron chi connectivity index (χ1n) is 13.9. The average molecular weight is 568 g/mol. The van der Waals surface area contributed by atoms with Gasteiger partial charge in [-0.25, -0.2) is 9.78 Å². The lowest BCUT2D eigenvalue weighted by Crippen LogP contribution is -2.59. The summed E-state index contributed by atoms with van der Waals surface area (Å²) < 4.78 is 0. The Bertz CT molecular complexity index is 1320. The van der Waals surface area contributed by atoms with E-state index in [-0.39, 0.29) is 24.7 Å². The van der Waals surface area contributed by atoms with Crippen LogP contribution in [0.5, 0.6) is 0 Å². The van der Waals surface area contributed by atoms with Gasteiger partial charge in [0.1, 0.15) is 18.1 Å². The lowest BCUT2D eigenvalue weighted by Gasteiger charge is -2.28. The summed E-state index contributed by atoms with van der Waals surface area (Å²) in [5.41, 5.74) is 8.36. The number of imidazole rings is 1. The first kappa shape index (κ1) is 31.3.